The maximum atomic E-state index is 5.72. The summed E-state index contributed by atoms with van der Waals surface area (Å²) in [6, 6.07) is 4.42. The first-order valence-corrected chi connectivity index (χ1v) is 6.42. The smallest absolute Gasteiger partial charge is 0.125 e. The summed E-state index contributed by atoms with van der Waals surface area (Å²) >= 11 is 0. The highest BCUT2D eigenvalue weighted by Gasteiger charge is 2.17. The average molecular weight is 235 g/mol. The predicted molar refractivity (Wildman–Crippen MR) is 73.9 cm³/mol. The van der Waals surface area contributed by atoms with Gasteiger partial charge in [0.15, 0.2) is 0 Å². The summed E-state index contributed by atoms with van der Waals surface area (Å²) in [5.41, 5.74) is 9.65. The molecule has 0 aliphatic rings. The van der Waals surface area contributed by atoms with Crippen LogP contribution in [0.5, 0.6) is 5.75 Å². The van der Waals surface area contributed by atoms with Crippen molar-refractivity contribution in [1.29, 1.82) is 0 Å². The molecule has 0 atom stereocenters. The maximum Gasteiger partial charge on any atom is 0.125 e. The molecule has 0 heterocycles. The van der Waals surface area contributed by atoms with Crippen LogP contribution in [-0.2, 0) is 6.42 Å². The second-order valence-corrected chi connectivity index (χ2v) is 5.10. The monoisotopic (exact) mass is 235 g/mol. The van der Waals surface area contributed by atoms with Gasteiger partial charge in [-0.05, 0) is 41.5 Å². The lowest BCUT2D eigenvalue weighted by molar-refractivity contribution is 0.401. The van der Waals surface area contributed by atoms with Gasteiger partial charge in [0.05, 0.1) is 7.11 Å². The van der Waals surface area contributed by atoms with E-state index in [1.165, 1.54) is 16.7 Å². The van der Waals surface area contributed by atoms with E-state index in [-0.39, 0.29) is 0 Å². The van der Waals surface area contributed by atoms with Crippen LogP contribution in [0.3, 0.4) is 0 Å². The van der Waals surface area contributed by atoms with Crippen molar-refractivity contribution in [2.75, 3.05) is 13.7 Å². The molecule has 17 heavy (non-hydrogen) atoms. The first-order valence-electron chi connectivity index (χ1n) is 6.42. The molecule has 2 heteroatoms. The second-order valence-electron chi connectivity index (χ2n) is 5.10. The van der Waals surface area contributed by atoms with Gasteiger partial charge in [0.1, 0.15) is 5.75 Å². The zero-order chi connectivity index (χ0) is 13.0. The van der Waals surface area contributed by atoms with E-state index in [2.05, 4.69) is 39.8 Å². The van der Waals surface area contributed by atoms with Crippen LogP contribution in [0.4, 0.5) is 0 Å². The highest BCUT2D eigenvalue weighted by atomic mass is 16.5. The van der Waals surface area contributed by atoms with E-state index in [9.17, 15) is 0 Å². The van der Waals surface area contributed by atoms with E-state index in [0.29, 0.717) is 18.4 Å². The van der Waals surface area contributed by atoms with Crippen molar-refractivity contribution >= 4 is 0 Å². The Labute approximate surface area is 105 Å². The second kappa shape index (κ2) is 6.06. The number of hydrogen-bond donors (Lipinski definition) is 1. The predicted octanol–water partition coefficient (Wildman–Crippen LogP) is 3.44. The molecule has 96 valence electrons. The van der Waals surface area contributed by atoms with Gasteiger partial charge in [0.2, 0.25) is 0 Å². The molecule has 0 spiro atoms. The van der Waals surface area contributed by atoms with E-state index in [1.54, 1.807) is 7.11 Å². The standard InChI is InChI=1S/C15H25NO/c1-10(2)12-6-7-13(11(3)4)15(17-5)14(12)8-9-16/h6-7,10-11H,8-9,16H2,1-5H3. The van der Waals surface area contributed by atoms with Crippen molar-refractivity contribution in [2.45, 2.75) is 46.0 Å². The summed E-state index contributed by atoms with van der Waals surface area (Å²) in [4.78, 5) is 0. The van der Waals surface area contributed by atoms with Crippen LogP contribution in [0.15, 0.2) is 12.1 Å². The lowest BCUT2D eigenvalue weighted by Crippen LogP contribution is -2.10. The van der Waals surface area contributed by atoms with Gasteiger partial charge >= 0.3 is 0 Å². The van der Waals surface area contributed by atoms with Crippen molar-refractivity contribution in [1.82, 2.24) is 0 Å². The number of nitrogens with two attached hydrogens (primary N) is 1. The molecule has 0 radical (unpaired) electrons. The SMILES string of the molecule is COc1c(C(C)C)ccc(C(C)C)c1CCN. The zero-order valence-electron chi connectivity index (χ0n) is 11.7. The maximum absolute atomic E-state index is 5.72. The zero-order valence-corrected chi connectivity index (χ0v) is 11.7. The van der Waals surface area contributed by atoms with E-state index >= 15 is 0 Å². The van der Waals surface area contributed by atoms with Gasteiger partial charge in [0.25, 0.3) is 0 Å². The normalized spacial score (nSPS) is 11.3. The fourth-order valence-corrected chi connectivity index (χ4v) is 2.30. The van der Waals surface area contributed by atoms with Crippen molar-refractivity contribution in [3.05, 3.63) is 28.8 Å². The van der Waals surface area contributed by atoms with Gasteiger partial charge in [-0.15, -0.1) is 0 Å². The van der Waals surface area contributed by atoms with E-state index in [0.717, 1.165) is 12.2 Å². The Morgan fingerprint density at radius 1 is 1.06 bits per heavy atom. The number of rotatable bonds is 5. The lowest BCUT2D eigenvalue weighted by Gasteiger charge is -2.21. The molecule has 0 amide bonds. The molecule has 0 aliphatic heterocycles. The largest absolute Gasteiger partial charge is 0.496 e. The van der Waals surface area contributed by atoms with Crippen molar-refractivity contribution in [2.24, 2.45) is 5.73 Å². The summed E-state index contributed by atoms with van der Waals surface area (Å²) in [6.07, 6.45) is 0.886. The van der Waals surface area contributed by atoms with E-state index < -0.39 is 0 Å². The van der Waals surface area contributed by atoms with Gasteiger partial charge in [-0.3, -0.25) is 0 Å². The van der Waals surface area contributed by atoms with Crippen molar-refractivity contribution in [3.8, 4) is 5.75 Å². The summed E-state index contributed by atoms with van der Waals surface area (Å²) in [5, 5.41) is 0. The molecule has 2 nitrogen and oxygen atoms in total. The number of ether oxygens (including phenoxy) is 1. The molecule has 0 saturated heterocycles. The Balaban J connectivity index is 3.38. The van der Waals surface area contributed by atoms with E-state index in [1.807, 2.05) is 0 Å². The topological polar surface area (TPSA) is 35.2 Å². The van der Waals surface area contributed by atoms with Crippen LogP contribution >= 0.6 is 0 Å². The van der Waals surface area contributed by atoms with Crippen LogP contribution in [0, 0.1) is 0 Å². The van der Waals surface area contributed by atoms with E-state index in [4.69, 9.17) is 10.5 Å². The third-order valence-electron chi connectivity index (χ3n) is 3.17. The van der Waals surface area contributed by atoms with Crippen LogP contribution in [0.25, 0.3) is 0 Å². The summed E-state index contributed by atoms with van der Waals surface area (Å²) < 4.78 is 5.63. The van der Waals surface area contributed by atoms with Gasteiger partial charge in [-0.25, -0.2) is 0 Å². The average Bonchev–Trinajstić information content (AvgIpc) is 2.28. The highest BCUT2D eigenvalue weighted by molar-refractivity contribution is 5.49. The van der Waals surface area contributed by atoms with Gasteiger partial charge in [-0.2, -0.15) is 0 Å². The Bertz CT molecular complexity index is 369. The molecule has 0 aliphatic carbocycles. The molecule has 0 aromatic heterocycles. The van der Waals surface area contributed by atoms with Crippen LogP contribution < -0.4 is 10.5 Å². The third kappa shape index (κ3) is 3.01. The fraction of sp³-hybridized carbons (Fsp3) is 0.600. The fourth-order valence-electron chi connectivity index (χ4n) is 2.30. The first-order chi connectivity index (χ1) is 8.02. The number of methoxy groups -OCH3 is 1. The third-order valence-corrected chi connectivity index (χ3v) is 3.17. The quantitative estimate of drug-likeness (QED) is 0.848. The molecule has 2 N–H and O–H groups in total. The first kappa shape index (κ1) is 14.0. The minimum absolute atomic E-state index is 0.475. The van der Waals surface area contributed by atoms with Gasteiger partial charge in [0, 0.05) is 0 Å². The summed E-state index contributed by atoms with van der Waals surface area (Å²) in [7, 11) is 1.76. The lowest BCUT2D eigenvalue weighted by atomic mass is 9.89. The molecular formula is C15H25NO. The van der Waals surface area contributed by atoms with Crippen molar-refractivity contribution < 1.29 is 4.74 Å². The van der Waals surface area contributed by atoms with Crippen molar-refractivity contribution in [3.63, 3.8) is 0 Å². The Hall–Kier alpha value is -1.02. The molecular weight excluding hydrogens is 210 g/mol. The highest BCUT2D eigenvalue weighted by Crippen LogP contribution is 2.35. The molecule has 0 saturated carbocycles. The van der Waals surface area contributed by atoms with Crippen LogP contribution in [0.1, 0.15) is 56.2 Å². The minimum atomic E-state index is 0.475. The molecule has 1 aromatic rings. The molecule has 0 fully saturated rings. The summed E-state index contributed by atoms with van der Waals surface area (Å²) in [5.74, 6) is 2.02. The van der Waals surface area contributed by atoms with Crippen LogP contribution in [0.2, 0.25) is 0 Å². The molecule has 1 rings (SSSR count). The van der Waals surface area contributed by atoms with Crippen LogP contribution in [-0.4, -0.2) is 13.7 Å². The number of hydrogen-bond acceptors (Lipinski definition) is 2. The Morgan fingerprint density at radius 3 is 2.00 bits per heavy atom. The number of benzene rings is 1. The Kier molecular flexibility index (Phi) is 5.01. The minimum Gasteiger partial charge on any atom is -0.496 e. The van der Waals surface area contributed by atoms with Gasteiger partial charge in [-0.1, -0.05) is 39.8 Å². The Morgan fingerprint density at radius 2 is 1.59 bits per heavy atom. The molecule has 0 unspecified atom stereocenters. The van der Waals surface area contributed by atoms with Gasteiger partial charge < -0.3 is 10.5 Å². The molecule has 1 aromatic carbocycles. The molecule has 0 bridgehead atoms. The summed E-state index contributed by atoms with van der Waals surface area (Å²) in [6.45, 7) is 9.48.